The third-order valence-corrected chi connectivity index (χ3v) is 3.95. The van der Waals surface area contributed by atoms with Gasteiger partial charge in [0.05, 0.1) is 11.8 Å². The topological polar surface area (TPSA) is 64.3 Å². The summed E-state index contributed by atoms with van der Waals surface area (Å²) in [5.41, 5.74) is 6.98. The van der Waals surface area contributed by atoms with Gasteiger partial charge in [-0.2, -0.15) is 0 Å². The van der Waals surface area contributed by atoms with Crippen LogP contribution in [0.2, 0.25) is 0 Å². The number of carbonyl (C=O) groups excluding carboxylic acids is 1. The first-order chi connectivity index (χ1) is 9.56. The summed E-state index contributed by atoms with van der Waals surface area (Å²) < 4.78 is 6.37. The first-order valence-corrected chi connectivity index (χ1v) is 7.77. The summed E-state index contributed by atoms with van der Waals surface area (Å²) in [6.07, 6.45) is 3.54. The lowest BCUT2D eigenvalue weighted by Crippen LogP contribution is -2.19. The monoisotopic (exact) mass is 356 g/mol. The maximum Gasteiger partial charge on any atom is 0.224 e. The normalized spacial score (nSPS) is 17.9. The van der Waals surface area contributed by atoms with E-state index in [2.05, 4.69) is 21.2 Å². The first kappa shape index (κ1) is 15.4. The van der Waals surface area contributed by atoms with E-state index in [1.807, 2.05) is 6.07 Å². The van der Waals surface area contributed by atoms with Gasteiger partial charge in [-0.3, -0.25) is 4.79 Å². The number of thiocarbonyl (C=S) groups is 1. The first-order valence-electron chi connectivity index (χ1n) is 6.57. The highest BCUT2D eigenvalue weighted by molar-refractivity contribution is 9.10. The third kappa shape index (κ3) is 4.26. The van der Waals surface area contributed by atoms with Gasteiger partial charge in [-0.1, -0.05) is 28.1 Å². The Kier molecular flexibility index (Phi) is 5.51. The minimum Gasteiger partial charge on any atom is -0.389 e. The lowest BCUT2D eigenvalue weighted by molar-refractivity contribution is -0.116. The van der Waals surface area contributed by atoms with Crippen molar-refractivity contribution in [2.75, 3.05) is 11.9 Å². The summed E-state index contributed by atoms with van der Waals surface area (Å²) in [6, 6.07) is 5.44. The van der Waals surface area contributed by atoms with Crippen LogP contribution in [0.3, 0.4) is 0 Å². The molecule has 6 heteroatoms. The quantitative estimate of drug-likeness (QED) is 0.796. The smallest absolute Gasteiger partial charge is 0.224 e. The second-order valence-electron chi connectivity index (χ2n) is 4.78. The summed E-state index contributed by atoms with van der Waals surface area (Å²) >= 11 is 8.36. The van der Waals surface area contributed by atoms with E-state index in [-0.39, 0.29) is 17.0 Å². The molecule has 1 amide bonds. The average Bonchev–Trinajstić information content (AvgIpc) is 2.89. The molecule has 0 bridgehead atoms. The summed E-state index contributed by atoms with van der Waals surface area (Å²) in [5, 5.41) is 2.86. The Morgan fingerprint density at radius 1 is 1.55 bits per heavy atom. The molecule has 1 saturated heterocycles. The van der Waals surface area contributed by atoms with Crippen LogP contribution in [-0.4, -0.2) is 23.6 Å². The lowest BCUT2D eigenvalue weighted by Gasteiger charge is -2.12. The van der Waals surface area contributed by atoms with Crippen LogP contribution in [0.4, 0.5) is 5.69 Å². The zero-order valence-electron chi connectivity index (χ0n) is 11.0. The van der Waals surface area contributed by atoms with Gasteiger partial charge < -0.3 is 15.8 Å². The van der Waals surface area contributed by atoms with Crippen molar-refractivity contribution in [1.82, 2.24) is 0 Å². The van der Waals surface area contributed by atoms with Gasteiger partial charge in [0.25, 0.3) is 0 Å². The van der Waals surface area contributed by atoms with Gasteiger partial charge in [-0.05, 0) is 37.5 Å². The van der Waals surface area contributed by atoms with E-state index in [4.69, 9.17) is 22.7 Å². The lowest BCUT2D eigenvalue weighted by atomic mass is 10.1. The van der Waals surface area contributed by atoms with Crippen molar-refractivity contribution in [1.29, 1.82) is 0 Å². The molecule has 108 valence electrons. The van der Waals surface area contributed by atoms with Gasteiger partial charge in [0.15, 0.2) is 0 Å². The fraction of sp³-hybridized carbons (Fsp3) is 0.429. The highest BCUT2D eigenvalue weighted by Crippen LogP contribution is 2.22. The molecule has 0 radical (unpaired) electrons. The molecular weight excluding hydrogens is 340 g/mol. The van der Waals surface area contributed by atoms with E-state index in [1.165, 1.54) is 0 Å². The van der Waals surface area contributed by atoms with Crippen LogP contribution < -0.4 is 11.1 Å². The number of ether oxygens (including phenoxy) is 1. The molecule has 1 aliphatic rings. The van der Waals surface area contributed by atoms with E-state index >= 15 is 0 Å². The number of benzene rings is 1. The molecule has 1 fully saturated rings. The van der Waals surface area contributed by atoms with Gasteiger partial charge >= 0.3 is 0 Å². The summed E-state index contributed by atoms with van der Waals surface area (Å²) in [4.78, 5) is 12.3. The number of nitrogens with two attached hydrogens (primary N) is 1. The number of halogens is 1. The van der Waals surface area contributed by atoms with Crippen LogP contribution >= 0.6 is 28.1 Å². The number of amides is 1. The Labute approximate surface area is 132 Å². The van der Waals surface area contributed by atoms with E-state index in [0.717, 1.165) is 30.3 Å². The third-order valence-electron chi connectivity index (χ3n) is 3.24. The van der Waals surface area contributed by atoms with Gasteiger partial charge in [-0.25, -0.2) is 0 Å². The molecule has 0 spiro atoms. The van der Waals surface area contributed by atoms with Crippen molar-refractivity contribution in [3.8, 4) is 0 Å². The maximum absolute atomic E-state index is 12.0. The molecule has 1 unspecified atom stereocenters. The molecule has 4 nitrogen and oxygen atoms in total. The molecule has 2 rings (SSSR count). The Morgan fingerprint density at radius 2 is 2.35 bits per heavy atom. The van der Waals surface area contributed by atoms with Gasteiger partial charge in [0.2, 0.25) is 5.91 Å². The minimum absolute atomic E-state index is 0.0453. The Bertz CT molecular complexity index is 516. The largest absolute Gasteiger partial charge is 0.389 e. The van der Waals surface area contributed by atoms with E-state index < -0.39 is 0 Å². The molecular formula is C14H17BrN2O2S. The molecule has 0 aliphatic carbocycles. The van der Waals surface area contributed by atoms with E-state index in [1.54, 1.807) is 12.1 Å². The zero-order valence-corrected chi connectivity index (χ0v) is 13.4. The molecule has 1 heterocycles. The summed E-state index contributed by atoms with van der Waals surface area (Å²) in [6.45, 7) is 0.809. The molecule has 20 heavy (non-hydrogen) atoms. The number of carbonyl (C=O) groups is 1. The van der Waals surface area contributed by atoms with Crippen LogP contribution in [-0.2, 0) is 9.53 Å². The second kappa shape index (κ2) is 7.15. The van der Waals surface area contributed by atoms with Crippen molar-refractivity contribution in [2.24, 2.45) is 5.73 Å². The van der Waals surface area contributed by atoms with Crippen molar-refractivity contribution < 1.29 is 9.53 Å². The highest BCUT2D eigenvalue weighted by atomic mass is 79.9. The SMILES string of the molecule is NC(=S)c1ccc(Br)cc1NC(=O)CCC1CCCO1. The number of hydrogen-bond donors (Lipinski definition) is 2. The maximum atomic E-state index is 12.0. The number of hydrogen-bond acceptors (Lipinski definition) is 3. The standard InChI is InChI=1S/C14H17BrN2O2S/c15-9-3-5-11(14(16)20)12(8-9)17-13(18)6-4-10-2-1-7-19-10/h3,5,8,10H,1-2,4,6-7H2,(H2,16,20)(H,17,18). The number of nitrogens with one attached hydrogen (secondary N) is 1. The predicted molar refractivity (Wildman–Crippen MR) is 86.9 cm³/mol. The van der Waals surface area contributed by atoms with Crippen molar-refractivity contribution in [3.63, 3.8) is 0 Å². The van der Waals surface area contributed by atoms with Crippen LogP contribution in [0, 0.1) is 0 Å². The molecule has 1 aromatic carbocycles. The number of anilines is 1. The molecule has 0 aromatic heterocycles. The van der Waals surface area contributed by atoms with Crippen LogP contribution in [0.25, 0.3) is 0 Å². The predicted octanol–water partition coefficient (Wildman–Crippen LogP) is 2.98. The van der Waals surface area contributed by atoms with Crippen LogP contribution in [0.5, 0.6) is 0 Å². The van der Waals surface area contributed by atoms with Crippen LogP contribution in [0.1, 0.15) is 31.2 Å². The average molecular weight is 357 g/mol. The van der Waals surface area contributed by atoms with Crippen molar-refractivity contribution in [2.45, 2.75) is 31.8 Å². The Hall–Kier alpha value is -0.980. The fourth-order valence-electron chi connectivity index (χ4n) is 2.21. The summed E-state index contributed by atoms with van der Waals surface area (Å²) in [7, 11) is 0. The van der Waals surface area contributed by atoms with Gasteiger partial charge in [0.1, 0.15) is 4.99 Å². The second-order valence-corrected chi connectivity index (χ2v) is 6.13. The Balaban J connectivity index is 1.96. The highest BCUT2D eigenvalue weighted by Gasteiger charge is 2.17. The molecule has 1 aromatic rings. The minimum atomic E-state index is -0.0453. The van der Waals surface area contributed by atoms with Gasteiger partial charge in [0, 0.05) is 23.1 Å². The zero-order chi connectivity index (χ0) is 14.5. The number of rotatable bonds is 5. The fourth-order valence-corrected chi connectivity index (χ4v) is 2.75. The molecule has 1 aliphatic heterocycles. The molecule has 3 N–H and O–H groups in total. The molecule has 1 atom stereocenters. The van der Waals surface area contributed by atoms with E-state index in [9.17, 15) is 4.79 Å². The van der Waals surface area contributed by atoms with E-state index in [0.29, 0.717) is 17.7 Å². The Morgan fingerprint density at radius 3 is 3.00 bits per heavy atom. The van der Waals surface area contributed by atoms with Crippen molar-refractivity contribution >= 4 is 44.7 Å². The molecule has 0 saturated carbocycles. The summed E-state index contributed by atoms with van der Waals surface area (Å²) in [5.74, 6) is -0.0453. The van der Waals surface area contributed by atoms with Gasteiger partial charge in [-0.15, -0.1) is 0 Å². The van der Waals surface area contributed by atoms with Crippen molar-refractivity contribution in [3.05, 3.63) is 28.2 Å². The van der Waals surface area contributed by atoms with Crippen LogP contribution in [0.15, 0.2) is 22.7 Å².